The summed E-state index contributed by atoms with van der Waals surface area (Å²) in [7, 11) is 0. The topological polar surface area (TPSA) is 61.2 Å². The third kappa shape index (κ3) is 4.46. The molecule has 0 saturated carbocycles. The zero-order valence-corrected chi connectivity index (χ0v) is 16.5. The summed E-state index contributed by atoms with van der Waals surface area (Å²) in [5, 5.41) is 5.33. The highest BCUT2D eigenvalue weighted by atomic mass is 16.5. The van der Waals surface area contributed by atoms with Crippen LogP contribution in [0.15, 0.2) is 89.7 Å². The Labute approximate surface area is 174 Å². The fraction of sp³-hybridized carbons (Fsp3) is 0.160. The van der Waals surface area contributed by atoms with Gasteiger partial charge in [0.1, 0.15) is 0 Å². The van der Waals surface area contributed by atoms with Crippen LogP contribution in [0, 0.1) is 0 Å². The van der Waals surface area contributed by atoms with Crippen LogP contribution >= 0.6 is 0 Å². The SMILES string of the molecule is O=C(OCCCc1ccccc1)c1nn(Cc2ccccc2)c(=O)c2ccccc12. The van der Waals surface area contributed by atoms with E-state index in [1.54, 1.807) is 24.3 Å². The Balaban J connectivity index is 1.55. The Kier molecular flexibility index (Phi) is 5.99. The largest absolute Gasteiger partial charge is 0.461 e. The first-order valence-corrected chi connectivity index (χ1v) is 9.97. The summed E-state index contributed by atoms with van der Waals surface area (Å²) in [5.74, 6) is -0.513. The van der Waals surface area contributed by atoms with Gasteiger partial charge in [-0.1, -0.05) is 78.9 Å². The first kappa shape index (κ1) is 19.6. The van der Waals surface area contributed by atoms with Crippen molar-refractivity contribution in [2.24, 2.45) is 0 Å². The smallest absolute Gasteiger partial charge is 0.359 e. The van der Waals surface area contributed by atoms with E-state index < -0.39 is 5.97 Å². The molecule has 0 aliphatic heterocycles. The Hall–Kier alpha value is -3.73. The predicted octanol–water partition coefficient (Wildman–Crippen LogP) is 4.23. The Bertz CT molecular complexity index is 1200. The lowest BCUT2D eigenvalue weighted by Crippen LogP contribution is -2.27. The summed E-state index contributed by atoms with van der Waals surface area (Å²) in [5.41, 5.74) is 2.08. The van der Waals surface area contributed by atoms with Gasteiger partial charge < -0.3 is 4.74 Å². The zero-order valence-electron chi connectivity index (χ0n) is 16.5. The molecule has 5 heteroatoms. The van der Waals surface area contributed by atoms with Crippen LogP contribution in [0.3, 0.4) is 0 Å². The molecule has 30 heavy (non-hydrogen) atoms. The second kappa shape index (κ2) is 9.18. The quantitative estimate of drug-likeness (QED) is 0.345. The van der Waals surface area contributed by atoms with Gasteiger partial charge in [-0.3, -0.25) is 4.79 Å². The molecule has 0 bridgehead atoms. The minimum atomic E-state index is -0.513. The van der Waals surface area contributed by atoms with E-state index in [2.05, 4.69) is 17.2 Å². The van der Waals surface area contributed by atoms with Gasteiger partial charge >= 0.3 is 5.97 Å². The van der Waals surface area contributed by atoms with Crippen molar-refractivity contribution < 1.29 is 9.53 Å². The van der Waals surface area contributed by atoms with Crippen LogP contribution in [0.4, 0.5) is 0 Å². The van der Waals surface area contributed by atoms with Crippen LogP contribution in [0.25, 0.3) is 10.8 Å². The number of carbonyl (C=O) groups excluding carboxylic acids is 1. The number of aryl methyl sites for hydroxylation is 1. The molecule has 1 aromatic heterocycles. The van der Waals surface area contributed by atoms with Gasteiger partial charge in [0.2, 0.25) is 0 Å². The maximum atomic E-state index is 12.9. The minimum absolute atomic E-state index is 0.167. The number of hydrogen-bond acceptors (Lipinski definition) is 4. The van der Waals surface area contributed by atoms with Gasteiger partial charge in [0.05, 0.1) is 18.5 Å². The number of ether oxygens (including phenoxy) is 1. The van der Waals surface area contributed by atoms with E-state index in [4.69, 9.17) is 4.74 Å². The average Bonchev–Trinajstić information content (AvgIpc) is 2.80. The number of fused-ring (bicyclic) bond motifs is 1. The third-order valence-corrected chi connectivity index (χ3v) is 4.92. The van der Waals surface area contributed by atoms with E-state index in [1.165, 1.54) is 10.2 Å². The number of aromatic nitrogens is 2. The van der Waals surface area contributed by atoms with Crippen LogP contribution in [0.1, 0.15) is 28.0 Å². The molecule has 0 fully saturated rings. The minimum Gasteiger partial charge on any atom is -0.461 e. The number of esters is 1. The van der Waals surface area contributed by atoms with Crippen molar-refractivity contribution in [2.75, 3.05) is 6.61 Å². The number of benzene rings is 3. The lowest BCUT2D eigenvalue weighted by Gasteiger charge is -2.11. The van der Waals surface area contributed by atoms with Crippen molar-refractivity contribution >= 4 is 16.7 Å². The standard InChI is InChI=1S/C25H22N2O3/c28-24-22-16-8-7-15-21(22)23(26-27(24)18-20-12-5-2-6-13-20)25(29)30-17-9-14-19-10-3-1-4-11-19/h1-8,10-13,15-16H,9,14,17-18H2. The number of nitrogens with zero attached hydrogens (tertiary/aromatic N) is 2. The van der Waals surface area contributed by atoms with Crippen LogP contribution in [-0.4, -0.2) is 22.4 Å². The highest BCUT2D eigenvalue weighted by molar-refractivity contribution is 6.02. The van der Waals surface area contributed by atoms with Crippen LogP contribution in [-0.2, 0) is 17.7 Å². The van der Waals surface area contributed by atoms with E-state index in [-0.39, 0.29) is 11.3 Å². The lowest BCUT2D eigenvalue weighted by molar-refractivity contribution is 0.0493. The summed E-state index contributed by atoms with van der Waals surface area (Å²) < 4.78 is 6.82. The highest BCUT2D eigenvalue weighted by Crippen LogP contribution is 2.15. The number of rotatable bonds is 7. The fourth-order valence-electron chi connectivity index (χ4n) is 3.40. The molecule has 0 spiro atoms. The van der Waals surface area contributed by atoms with Gasteiger partial charge in [0.25, 0.3) is 5.56 Å². The Morgan fingerprint density at radius 2 is 1.40 bits per heavy atom. The molecule has 0 amide bonds. The van der Waals surface area contributed by atoms with Gasteiger partial charge in [0, 0.05) is 5.39 Å². The van der Waals surface area contributed by atoms with Crippen molar-refractivity contribution in [3.8, 4) is 0 Å². The maximum Gasteiger partial charge on any atom is 0.359 e. The normalized spacial score (nSPS) is 10.8. The summed E-state index contributed by atoms with van der Waals surface area (Å²) in [4.78, 5) is 25.7. The van der Waals surface area contributed by atoms with Crippen LogP contribution in [0.5, 0.6) is 0 Å². The first-order chi connectivity index (χ1) is 14.7. The fourth-order valence-corrected chi connectivity index (χ4v) is 3.40. The van der Waals surface area contributed by atoms with Gasteiger partial charge in [-0.2, -0.15) is 5.10 Å². The van der Waals surface area contributed by atoms with Gasteiger partial charge in [-0.05, 0) is 30.0 Å². The van der Waals surface area contributed by atoms with E-state index in [0.29, 0.717) is 23.9 Å². The molecule has 0 aliphatic carbocycles. The van der Waals surface area contributed by atoms with E-state index in [0.717, 1.165) is 18.4 Å². The molecule has 3 aromatic carbocycles. The summed E-state index contributed by atoms with van der Waals surface area (Å²) in [6.07, 6.45) is 1.55. The van der Waals surface area contributed by atoms with E-state index in [9.17, 15) is 9.59 Å². The second-order valence-corrected chi connectivity index (χ2v) is 7.07. The molecule has 0 radical (unpaired) electrons. The van der Waals surface area contributed by atoms with Gasteiger partial charge in [-0.15, -0.1) is 0 Å². The van der Waals surface area contributed by atoms with Gasteiger partial charge in [0.15, 0.2) is 5.69 Å². The molecule has 150 valence electrons. The van der Waals surface area contributed by atoms with Crippen molar-refractivity contribution in [2.45, 2.75) is 19.4 Å². The van der Waals surface area contributed by atoms with E-state index in [1.807, 2.05) is 48.5 Å². The first-order valence-electron chi connectivity index (χ1n) is 9.97. The number of carbonyl (C=O) groups is 1. The number of hydrogen-bond donors (Lipinski definition) is 0. The van der Waals surface area contributed by atoms with Crippen molar-refractivity contribution in [1.29, 1.82) is 0 Å². The molecular formula is C25H22N2O3. The molecule has 5 nitrogen and oxygen atoms in total. The molecule has 4 aromatic rings. The maximum absolute atomic E-state index is 12.9. The second-order valence-electron chi connectivity index (χ2n) is 7.07. The molecule has 0 aliphatic rings. The molecule has 0 atom stereocenters. The predicted molar refractivity (Wildman–Crippen MR) is 117 cm³/mol. The van der Waals surface area contributed by atoms with Crippen LogP contribution in [0.2, 0.25) is 0 Å². The third-order valence-electron chi connectivity index (χ3n) is 4.92. The monoisotopic (exact) mass is 398 g/mol. The average molecular weight is 398 g/mol. The highest BCUT2D eigenvalue weighted by Gasteiger charge is 2.18. The summed E-state index contributed by atoms with van der Waals surface area (Å²) in [6, 6.07) is 26.7. The Morgan fingerprint density at radius 1 is 0.800 bits per heavy atom. The van der Waals surface area contributed by atoms with Gasteiger partial charge in [-0.25, -0.2) is 9.48 Å². The van der Waals surface area contributed by atoms with Crippen molar-refractivity contribution in [3.63, 3.8) is 0 Å². The zero-order chi connectivity index (χ0) is 20.8. The van der Waals surface area contributed by atoms with Crippen molar-refractivity contribution in [1.82, 2.24) is 9.78 Å². The Morgan fingerprint density at radius 3 is 2.10 bits per heavy atom. The molecular weight excluding hydrogens is 376 g/mol. The molecule has 0 N–H and O–H groups in total. The van der Waals surface area contributed by atoms with E-state index >= 15 is 0 Å². The lowest BCUT2D eigenvalue weighted by atomic mass is 10.1. The van der Waals surface area contributed by atoms with Crippen LogP contribution < -0.4 is 5.56 Å². The molecule has 1 heterocycles. The summed E-state index contributed by atoms with van der Waals surface area (Å²) >= 11 is 0. The molecule has 4 rings (SSSR count). The summed E-state index contributed by atoms with van der Waals surface area (Å²) in [6.45, 7) is 0.584. The molecule has 0 unspecified atom stereocenters. The van der Waals surface area contributed by atoms with Crippen molar-refractivity contribution in [3.05, 3.63) is 112 Å². The molecule has 0 saturated heterocycles.